The van der Waals surface area contributed by atoms with Crippen LogP contribution in [0.3, 0.4) is 0 Å². The van der Waals surface area contributed by atoms with Gasteiger partial charge in [0.25, 0.3) is 0 Å². The summed E-state index contributed by atoms with van der Waals surface area (Å²) in [5, 5.41) is 0.911. The standard InChI is InChI=1S/C14H17BrN2O/c1-4-14(2,3)18-12-6-5-11(16)10-7-9(15)8-17-13(10)12/h5-8H,4,16H2,1-3H3. The van der Waals surface area contributed by atoms with Crippen LogP contribution in [0.5, 0.6) is 5.75 Å². The molecule has 2 aromatic rings. The summed E-state index contributed by atoms with van der Waals surface area (Å²) >= 11 is 3.41. The topological polar surface area (TPSA) is 48.1 Å². The molecule has 0 bridgehead atoms. The number of ether oxygens (including phenoxy) is 1. The summed E-state index contributed by atoms with van der Waals surface area (Å²) in [6, 6.07) is 5.71. The molecule has 96 valence electrons. The van der Waals surface area contributed by atoms with Gasteiger partial charge in [-0.05, 0) is 54.4 Å². The molecule has 0 unspecified atom stereocenters. The Morgan fingerprint density at radius 3 is 2.78 bits per heavy atom. The van der Waals surface area contributed by atoms with Crippen LogP contribution in [0.1, 0.15) is 27.2 Å². The van der Waals surface area contributed by atoms with Crippen molar-refractivity contribution in [1.29, 1.82) is 0 Å². The van der Waals surface area contributed by atoms with Crippen molar-refractivity contribution in [3.8, 4) is 5.75 Å². The maximum Gasteiger partial charge on any atom is 0.146 e. The zero-order chi connectivity index (χ0) is 13.3. The van der Waals surface area contributed by atoms with E-state index in [4.69, 9.17) is 10.5 Å². The highest BCUT2D eigenvalue weighted by atomic mass is 79.9. The lowest BCUT2D eigenvalue weighted by Crippen LogP contribution is -2.27. The van der Waals surface area contributed by atoms with Gasteiger partial charge in [0.15, 0.2) is 0 Å². The minimum atomic E-state index is -0.211. The largest absolute Gasteiger partial charge is 0.486 e. The molecule has 0 atom stereocenters. The zero-order valence-electron chi connectivity index (χ0n) is 10.8. The smallest absolute Gasteiger partial charge is 0.146 e. The number of nitrogens with zero attached hydrogens (tertiary/aromatic N) is 1. The Bertz CT molecular complexity index is 581. The minimum Gasteiger partial charge on any atom is -0.486 e. The van der Waals surface area contributed by atoms with E-state index in [1.165, 1.54) is 0 Å². The van der Waals surface area contributed by atoms with Crippen LogP contribution in [0, 0.1) is 0 Å². The number of nitrogens with two attached hydrogens (primary N) is 1. The predicted octanol–water partition coefficient (Wildman–Crippen LogP) is 4.15. The normalized spacial score (nSPS) is 11.8. The summed E-state index contributed by atoms with van der Waals surface area (Å²) in [4.78, 5) is 4.41. The fourth-order valence-corrected chi connectivity index (χ4v) is 1.97. The van der Waals surface area contributed by atoms with E-state index in [0.29, 0.717) is 5.69 Å². The number of anilines is 1. The number of nitrogen functional groups attached to an aromatic ring is 1. The van der Waals surface area contributed by atoms with Gasteiger partial charge in [-0.3, -0.25) is 4.98 Å². The van der Waals surface area contributed by atoms with Crippen LogP contribution < -0.4 is 10.5 Å². The molecule has 0 amide bonds. The predicted molar refractivity (Wildman–Crippen MR) is 78.9 cm³/mol. The van der Waals surface area contributed by atoms with Gasteiger partial charge in [-0.15, -0.1) is 0 Å². The molecule has 1 heterocycles. The van der Waals surface area contributed by atoms with E-state index in [0.717, 1.165) is 27.5 Å². The second-order valence-electron chi connectivity index (χ2n) is 4.92. The third-order valence-electron chi connectivity index (χ3n) is 3.05. The van der Waals surface area contributed by atoms with Gasteiger partial charge in [0.1, 0.15) is 16.9 Å². The van der Waals surface area contributed by atoms with Crippen molar-refractivity contribution in [3.63, 3.8) is 0 Å². The lowest BCUT2D eigenvalue weighted by atomic mass is 10.1. The van der Waals surface area contributed by atoms with Crippen LogP contribution in [0.4, 0.5) is 5.69 Å². The molecular formula is C14H17BrN2O. The summed E-state index contributed by atoms with van der Waals surface area (Å²) in [6.45, 7) is 6.23. The van der Waals surface area contributed by atoms with Gasteiger partial charge < -0.3 is 10.5 Å². The number of rotatable bonds is 3. The Hall–Kier alpha value is -1.29. The van der Waals surface area contributed by atoms with Crippen LogP contribution in [0.2, 0.25) is 0 Å². The van der Waals surface area contributed by atoms with Gasteiger partial charge in [-0.1, -0.05) is 6.92 Å². The van der Waals surface area contributed by atoms with E-state index in [9.17, 15) is 0 Å². The summed E-state index contributed by atoms with van der Waals surface area (Å²) in [7, 11) is 0. The molecule has 0 aliphatic carbocycles. The van der Waals surface area contributed by atoms with Gasteiger partial charge >= 0.3 is 0 Å². The summed E-state index contributed by atoms with van der Waals surface area (Å²) < 4.78 is 6.94. The highest BCUT2D eigenvalue weighted by Gasteiger charge is 2.19. The zero-order valence-corrected chi connectivity index (χ0v) is 12.4. The average Bonchev–Trinajstić information content (AvgIpc) is 2.33. The summed E-state index contributed by atoms with van der Waals surface area (Å²) in [5.74, 6) is 0.776. The van der Waals surface area contributed by atoms with E-state index < -0.39 is 0 Å². The molecule has 0 aliphatic rings. The van der Waals surface area contributed by atoms with Crippen molar-refractivity contribution >= 4 is 32.5 Å². The molecular weight excluding hydrogens is 292 g/mol. The second kappa shape index (κ2) is 4.76. The number of hydrogen-bond donors (Lipinski definition) is 1. The van der Waals surface area contributed by atoms with E-state index in [2.05, 4.69) is 41.7 Å². The maximum atomic E-state index is 6.03. The second-order valence-corrected chi connectivity index (χ2v) is 5.83. The number of pyridine rings is 1. The first kappa shape index (κ1) is 13.1. The molecule has 0 spiro atoms. The fraction of sp³-hybridized carbons (Fsp3) is 0.357. The lowest BCUT2D eigenvalue weighted by Gasteiger charge is -2.25. The van der Waals surface area contributed by atoms with Crippen molar-refractivity contribution in [1.82, 2.24) is 4.98 Å². The Morgan fingerprint density at radius 1 is 1.39 bits per heavy atom. The molecule has 2 N–H and O–H groups in total. The number of halogens is 1. The van der Waals surface area contributed by atoms with Crippen LogP contribution in [0.15, 0.2) is 28.9 Å². The van der Waals surface area contributed by atoms with Crippen LogP contribution in [-0.2, 0) is 0 Å². The molecule has 1 aromatic heterocycles. The molecule has 3 nitrogen and oxygen atoms in total. The quantitative estimate of drug-likeness (QED) is 0.867. The third kappa shape index (κ3) is 2.58. The van der Waals surface area contributed by atoms with Crippen molar-refractivity contribution in [2.75, 3.05) is 5.73 Å². The van der Waals surface area contributed by atoms with Crippen LogP contribution in [0.25, 0.3) is 10.9 Å². The Labute approximate surface area is 115 Å². The molecule has 4 heteroatoms. The first-order valence-electron chi connectivity index (χ1n) is 5.96. The van der Waals surface area contributed by atoms with E-state index in [-0.39, 0.29) is 5.60 Å². The number of benzene rings is 1. The van der Waals surface area contributed by atoms with Crippen molar-refractivity contribution in [2.24, 2.45) is 0 Å². The van der Waals surface area contributed by atoms with Gasteiger partial charge in [0.2, 0.25) is 0 Å². The van der Waals surface area contributed by atoms with Crippen LogP contribution >= 0.6 is 15.9 Å². The molecule has 0 radical (unpaired) electrons. The Morgan fingerprint density at radius 2 is 2.11 bits per heavy atom. The Balaban J connectivity index is 2.56. The highest BCUT2D eigenvalue weighted by Crippen LogP contribution is 2.32. The van der Waals surface area contributed by atoms with Gasteiger partial charge in [-0.2, -0.15) is 0 Å². The summed E-state index contributed by atoms with van der Waals surface area (Å²) in [5.41, 5.74) is 7.28. The third-order valence-corrected chi connectivity index (χ3v) is 3.48. The molecule has 0 aliphatic heterocycles. The van der Waals surface area contributed by atoms with Gasteiger partial charge in [0.05, 0.1) is 0 Å². The van der Waals surface area contributed by atoms with Gasteiger partial charge in [-0.25, -0.2) is 0 Å². The first-order valence-corrected chi connectivity index (χ1v) is 6.75. The van der Waals surface area contributed by atoms with E-state index >= 15 is 0 Å². The Kier molecular flexibility index (Phi) is 3.48. The maximum absolute atomic E-state index is 6.03. The molecule has 0 saturated heterocycles. The van der Waals surface area contributed by atoms with Crippen LogP contribution in [-0.4, -0.2) is 10.6 Å². The first-order chi connectivity index (χ1) is 8.43. The number of aromatic nitrogens is 1. The summed E-state index contributed by atoms with van der Waals surface area (Å²) in [6.07, 6.45) is 2.68. The molecule has 0 fully saturated rings. The SMILES string of the molecule is CCC(C)(C)Oc1ccc(N)c2cc(Br)cnc12. The van der Waals surface area contributed by atoms with E-state index in [1.807, 2.05) is 18.2 Å². The monoisotopic (exact) mass is 308 g/mol. The highest BCUT2D eigenvalue weighted by molar-refractivity contribution is 9.10. The fourth-order valence-electron chi connectivity index (χ4n) is 1.64. The van der Waals surface area contributed by atoms with Gasteiger partial charge in [0, 0.05) is 21.7 Å². The molecule has 0 saturated carbocycles. The molecule has 1 aromatic carbocycles. The van der Waals surface area contributed by atoms with Crippen molar-refractivity contribution in [3.05, 3.63) is 28.9 Å². The minimum absolute atomic E-state index is 0.211. The van der Waals surface area contributed by atoms with Crippen molar-refractivity contribution in [2.45, 2.75) is 32.8 Å². The average molecular weight is 309 g/mol. The van der Waals surface area contributed by atoms with E-state index in [1.54, 1.807) is 6.20 Å². The number of hydrogen-bond acceptors (Lipinski definition) is 3. The van der Waals surface area contributed by atoms with Crippen molar-refractivity contribution < 1.29 is 4.74 Å². The molecule has 18 heavy (non-hydrogen) atoms. The lowest BCUT2D eigenvalue weighted by molar-refractivity contribution is 0.107. The molecule has 2 rings (SSSR count). The number of fused-ring (bicyclic) bond motifs is 1.